The molecule has 2 nitrogen and oxygen atoms in total. The summed E-state index contributed by atoms with van der Waals surface area (Å²) < 4.78 is 0.897. The van der Waals surface area contributed by atoms with Crippen LogP contribution in [0.5, 0.6) is 0 Å². The van der Waals surface area contributed by atoms with E-state index in [1.807, 2.05) is 30.3 Å². The van der Waals surface area contributed by atoms with E-state index < -0.39 is 0 Å². The van der Waals surface area contributed by atoms with E-state index in [2.05, 4.69) is 48.1 Å². The van der Waals surface area contributed by atoms with Gasteiger partial charge in [0.2, 0.25) is 0 Å². The van der Waals surface area contributed by atoms with E-state index in [0.717, 1.165) is 10.2 Å². The molecule has 0 spiro atoms. The van der Waals surface area contributed by atoms with Crippen molar-refractivity contribution in [2.24, 2.45) is 0 Å². The lowest BCUT2D eigenvalue weighted by molar-refractivity contribution is 0.102. The first-order valence-electron chi connectivity index (χ1n) is 6.54. The molecule has 1 N–H and O–H groups in total. The van der Waals surface area contributed by atoms with Crippen molar-refractivity contribution in [1.82, 2.24) is 0 Å². The van der Waals surface area contributed by atoms with Crippen LogP contribution in [0.15, 0.2) is 53.0 Å². The van der Waals surface area contributed by atoms with Crippen molar-refractivity contribution in [3.8, 4) is 0 Å². The molecule has 0 saturated heterocycles. The number of anilines is 1. The fourth-order valence-electron chi connectivity index (χ4n) is 1.87. The number of nitrogens with one attached hydrogen (secondary N) is 1. The molecule has 2 aromatic carbocycles. The average molecular weight is 332 g/mol. The number of benzene rings is 2. The monoisotopic (exact) mass is 331 g/mol. The molecule has 2 aromatic rings. The van der Waals surface area contributed by atoms with Crippen LogP contribution in [-0.4, -0.2) is 5.91 Å². The second-order valence-corrected chi connectivity index (χ2v) is 6.62. The van der Waals surface area contributed by atoms with E-state index in [9.17, 15) is 4.79 Å². The van der Waals surface area contributed by atoms with E-state index in [4.69, 9.17) is 0 Å². The molecule has 0 aliphatic heterocycles. The summed E-state index contributed by atoms with van der Waals surface area (Å²) in [7, 11) is 0. The summed E-state index contributed by atoms with van der Waals surface area (Å²) >= 11 is 3.53. The van der Waals surface area contributed by atoms with Gasteiger partial charge in [0.05, 0.1) is 5.69 Å². The molecule has 0 aliphatic carbocycles. The largest absolute Gasteiger partial charge is 0.321 e. The standard InChI is InChI=1S/C17H18BrNO/c1-17(2,3)13-9-10-15(14(18)11-13)19-16(20)12-7-5-4-6-8-12/h4-11H,1-3H3,(H,19,20). The molecule has 1 amide bonds. The van der Waals surface area contributed by atoms with Crippen molar-refractivity contribution in [3.63, 3.8) is 0 Å². The maximum Gasteiger partial charge on any atom is 0.255 e. The Morgan fingerprint density at radius 1 is 1.05 bits per heavy atom. The van der Waals surface area contributed by atoms with Crippen LogP contribution in [0.1, 0.15) is 36.7 Å². The third-order valence-corrected chi connectivity index (χ3v) is 3.78. The van der Waals surface area contributed by atoms with Crippen LogP contribution in [0.3, 0.4) is 0 Å². The van der Waals surface area contributed by atoms with Gasteiger partial charge in [-0.05, 0) is 51.2 Å². The maximum atomic E-state index is 12.1. The van der Waals surface area contributed by atoms with Crippen LogP contribution in [0.4, 0.5) is 5.69 Å². The van der Waals surface area contributed by atoms with Crippen LogP contribution in [0.2, 0.25) is 0 Å². The highest BCUT2D eigenvalue weighted by Crippen LogP contribution is 2.30. The normalized spacial score (nSPS) is 11.2. The van der Waals surface area contributed by atoms with E-state index >= 15 is 0 Å². The van der Waals surface area contributed by atoms with Gasteiger partial charge < -0.3 is 5.32 Å². The number of carbonyl (C=O) groups is 1. The van der Waals surface area contributed by atoms with Gasteiger partial charge in [0, 0.05) is 10.0 Å². The van der Waals surface area contributed by atoms with Crippen molar-refractivity contribution < 1.29 is 4.79 Å². The number of amides is 1. The van der Waals surface area contributed by atoms with Gasteiger partial charge in [-0.25, -0.2) is 0 Å². The molecule has 0 unspecified atom stereocenters. The second-order valence-electron chi connectivity index (χ2n) is 5.76. The van der Waals surface area contributed by atoms with Gasteiger partial charge in [-0.1, -0.05) is 45.0 Å². The van der Waals surface area contributed by atoms with Gasteiger partial charge in [-0.2, -0.15) is 0 Å². The molecule has 2 rings (SSSR count). The predicted molar refractivity (Wildman–Crippen MR) is 87.2 cm³/mol. The van der Waals surface area contributed by atoms with Gasteiger partial charge in [-0.15, -0.1) is 0 Å². The minimum atomic E-state index is -0.102. The van der Waals surface area contributed by atoms with Crippen molar-refractivity contribution in [1.29, 1.82) is 0 Å². The number of rotatable bonds is 2. The fraction of sp³-hybridized carbons (Fsp3) is 0.235. The smallest absolute Gasteiger partial charge is 0.255 e. The number of halogens is 1. The summed E-state index contributed by atoms with van der Waals surface area (Å²) in [5.74, 6) is -0.102. The lowest BCUT2D eigenvalue weighted by Gasteiger charge is -2.20. The van der Waals surface area contributed by atoms with E-state index in [1.165, 1.54) is 5.56 Å². The maximum absolute atomic E-state index is 12.1. The average Bonchev–Trinajstić information content (AvgIpc) is 2.41. The summed E-state index contributed by atoms with van der Waals surface area (Å²) in [5.41, 5.74) is 2.75. The first-order valence-corrected chi connectivity index (χ1v) is 7.33. The van der Waals surface area contributed by atoms with E-state index in [-0.39, 0.29) is 11.3 Å². The minimum absolute atomic E-state index is 0.0878. The molecule has 0 fully saturated rings. The Morgan fingerprint density at radius 3 is 2.25 bits per heavy atom. The fourth-order valence-corrected chi connectivity index (χ4v) is 2.34. The zero-order chi connectivity index (χ0) is 14.8. The lowest BCUT2D eigenvalue weighted by Crippen LogP contribution is -2.14. The molecule has 3 heteroatoms. The lowest BCUT2D eigenvalue weighted by atomic mass is 9.87. The van der Waals surface area contributed by atoms with Crippen molar-refractivity contribution in [3.05, 3.63) is 64.1 Å². The summed E-state index contributed by atoms with van der Waals surface area (Å²) in [6.07, 6.45) is 0. The topological polar surface area (TPSA) is 29.1 Å². The molecule has 0 bridgehead atoms. The molecule has 0 saturated carbocycles. The highest BCUT2D eigenvalue weighted by Gasteiger charge is 2.15. The second kappa shape index (κ2) is 5.80. The molecule has 104 valence electrons. The van der Waals surface area contributed by atoms with Crippen LogP contribution in [0, 0.1) is 0 Å². The number of hydrogen-bond donors (Lipinski definition) is 1. The number of carbonyl (C=O) groups excluding carboxylic acids is 1. The highest BCUT2D eigenvalue weighted by molar-refractivity contribution is 9.10. The molecule has 0 aliphatic rings. The third kappa shape index (κ3) is 3.48. The van der Waals surface area contributed by atoms with Gasteiger partial charge >= 0.3 is 0 Å². The van der Waals surface area contributed by atoms with Gasteiger partial charge in [0.15, 0.2) is 0 Å². The van der Waals surface area contributed by atoms with E-state index in [1.54, 1.807) is 12.1 Å². The highest BCUT2D eigenvalue weighted by atomic mass is 79.9. The third-order valence-electron chi connectivity index (χ3n) is 3.12. The van der Waals surface area contributed by atoms with Gasteiger partial charge in [0.25, 0.3) is 5.91 Å². The summed E-state index contributed by atoms with van der Waals surface area (Å²) in [6.45, 7) is 6.49. The Labute approximate surface area is 128 Å². The Hall–Kier alpha value is -1.61. The zero-order valence-corrected chi connectivity index (χ0v) is 13.5. The van der Waals surface area contributed by atoms with Crippen molar-refractivity contribution in [2.75, 3.05) is 5.32 Å². The van der Waals surface area contributed by atoms with E-state index in [0.29, 0.717) is 5.56 Å². The summed E-state index contributed by atoms with van der Waals surface area (Å²) in [4.78, 5) is 12.1. The summed E-state index contributed by atoms with van der Waals surface area (Å²) in [6, 6.07) is 15.2. The number of hydrogen-bond acceptors (Lipinski definition) is 1. The Morgan fingerprint density at radius 2 is 1.70 bits per heavy atom. The van der Waals surface area contributed by atoms with Crippen LogP contribution < -0.4 is 5.32 Å². The summed E-state index contributed by atoms with van der Waals surface area (Å²) in [5, 5.41) is 2.92. The Kier molecular flexibility index (Phi) is 4.29. The minimum Gasteiger partial charge on any atom is -0.321 e. The van der Waals surface area contributed by atoms with Crippen molar-refractivity contribution >= 4 is 27.5 Å². The molecule has 20 heavy (non-hydrogen) atoms. The van der Waals surface area contributed by atoms with Crippen LogP contribution in [-0.2, 0) is 5.41 Å². The van der Waals surface area contributed by atoms with Gasteiger partial charge in [0.1, 0.15) is 0 Å². The molecular formula is C17H18BrNO. The van der Waals surface area contributed by atoms with Crippen LogP contribution >= 0.6 is 15.9 Å². The molecule has 0 radical (unpaired) electrons. The molecule has 0 heterocycles. The van der Waals surface area contributed by atoms with Crippen LogP contribution in [0.25, 0.3) is 0 Å². The first-order chi connectivity index (χ1) is 9.38. The quantitative estimate of drug-likeness (QED) is 0.824. The SMILES string of the molecule is CC(C)(C)c1ccc(NC(=O)c2ccccc2)c(Br)c1. The Balaban J connectivity index is 2.21. The zero-order valence-electron chi connectivity index (χ0n) is 11.9. The first kappa shape index (κ1) is 14.8. The molecule has 0 aromatic heterocycles. The van der Waals surface area contributed by atoms with Gasteiger partial charge in [-0.3, -0.25) is 4.79 Å². The molecule has 0 atom stereocenters. The van der Waals surface area contributed by atoms with Crippen molar-refractivity contribution in [2.45, 2.75) is 26.2 Å². The predicted octanol–water partition coefficient (Wildman–Crippen LogP) is 5.00. The Bertz CT molecular complexity index is 615. The molecular weight excluding hydrogens is 314 g/mol.